The van der Waals surface area contributed by atoms with Gasteiger partial charge in [-0.1, -0.05) is 0 Å². The number of rotatable bonds is 9. The number of hydrogen-bond acceptors (Lipinski definition) is 9. The van der Waals surface area contributed by atoms with Gasteiger partial charge in [0.25, 0.3) is 0 Å². The van der Waals surface area contributed by atoms with Crippen LogP contribution in [0.5, 0.6) is 5.88 Å². The molecule has 0 amide bonds. The van der Waals surface area contributed by atoms with E-state index in [2.05, 4.69) is 30.7 Å². The van der Waals surface area contributed by atoms with Crippen LogP contribution < -0.4 is 10.6 Å². The molecule has 3 aromatic rings. The Morgan fingerprint density at radius 1 is 1.29 bits per heavy atom. The first kappa shape index (κ1) is 20.7. The van der Waals surface area contributed by atoms with E-state index in [1.54, 1.807) is 31.6 Å². The Morgan fingerprint density at radius 2 is 2.10 bits per heavy atom. The maximum absolute atomic E-state index is 12.7. The second kappa shape index (κ2) is 8.68. The fraction of sp³-hybridized carbons (Fsp3) is 0.381. The van der Waals surface area contributed by atoms with Gasteiger partial charge >= 0.3 is 0 Å². The summed E-state index contributed by atoms with van der Waals surface area (Å²) in [6, 6.07) is 3.45. The van der Waals surface area contributed by atoms with Crippen molar-refractivity contribution in [1.82, 2.24) is 24.7 Å². The molecule has 3 heterocycles. The third-order valence-electron chi connectivity index (χ3n) is 5.14. The lowest BCUT2D eigenvalue weighted by Crippen LogP contribution is -2.19. The Hall–Kier alpha value is -3.53. The highest BCUT2D eigenvalue weighted by Gasteiger charge is 2.32. The van der Waals surface area contributed by atoms with Crippen LogP contribution in [0, 0.1) is 5.92 Å². The van der Waals surface area contributed by atoms with Crippen molar-refractivity contribution in [2.24, 2.45) is 13.0 Å². The highest BCUT2D eigenvalue weighted by Crippen LogP contribution is 2.35. The summed E-state index contributed by atoms with van der Waals surface area (Å²) in [5, 5.41) is 29.7. The fourth-order valence-electron chi connectivity index (χ4n) is 3.21. The fourth-order valence-corrected chi connectivity index (χ4v) is 3.21. The number of Topliss-reactive ketones (excluding diaryl/α,β-unsaturated/α-hetero) is 1. The molecule has 1 saturated carbocycles. The number of ketones is 1. The average Bonchev–Trinajstić information content (AvgIpc) is 3.54. The molecule has 1 aliphatic rings. The van der Waals surface area contributed by atoms with Gasteiger partial charge in [-0.25, -0.2) is 19.6 Å². The molecule has 4 rings (SSSR count). The van der Waals surface area contributed by atoms with Gasteiger partial charge in [0.2, 0.25) is 5.88 Å². The summed E-state index contributed by atoms with van der Waals surface area (Å²) in [4.78, 5) is 25.7. The number of nitrogens with one attached hydrogen (secondary N) is 2. The predicted octanol–water partition coefficient (Wildman–Crippen LogP) is 2.50. The Balaban J connectivity index is 1.60. The van der Waals surface area contributed by atoms with E-state index in [1.807, 2.05) is 6.92 Å². The van der Waals surface area contributed by atoms with Gasteiger partial charge in [-0.2, -0.15) is 5.10 Å². The van der Waals surface area contributed by atoms with Crippen molar-refractivity contribution in [2.75, 3.05) is 17.2 Å². The lowest BCUT2D eigenvalue weighted by molar-refractivity contribution is 0.0968. The molecule has 1 fully saturated rings. The van der Waals surface area contributed by atoms with E-state index < -0.39 is 0 Å². The highest BCUT2D eigenvalue weighted by molar-refractivity contribution is 6.04. The van der Waals surface area contributed by atoms with E-state index in [9.17, 15) is 15.0 Å². The number of pyridine rings is 1. The van der Waals surface area contributed by atoms with Crippen LogP contribution in [0.2, 0.25) is 0 Å². The molecule has 0 unspecified atom stereocenters. The Kier molecular flexibility index (Phi) is 5.81. The molecular formula is C21H25N7O3. The summed E-state index contributed by atoms with van der Waals surface area (Å²) in [7, 11) is 1.63. The smallest absolute Gasteiger partial charge is 0.220 e. The number of anilines is 3. The molecule has 10 heteroatoms. The van der Waals surface area contributed by atoms with Crippen LogP contribution in [0.25, 0.3) is 11.4 Å². The molecule has 0 aromatic carbocycles. The van der Waals surface area contributed by atoms with Crippen molar-refractivity contribution in [1.29, 1.82) is 0 Å². The zero-order valence-corrected chi connectivity index (χ0v) is 17.4. The molecule has 10 nitrogen and oxygen atoms in total. The molecule has 4 N–H and O–H groups in total. The third kappa shape index (κ3) is 4.64. The second-order valence-electron chi connectivity index (χ2n) is 7.71. The van der Waals surface area contributed by atoms with E-state index in [0.29, 0.717) is 40.7 Å². The molecule has 0 radical (unpaired) electrons. The van der Waals surface area contributed by atoms with Crippen molar-refractivity contribution >= 4 is 23.1 Å². The topological polar surface area (TPSA) is 138 Å². The number of aliphatic hydroxyl groups is 1. The van der Waals surface area contributed by atoms with E-state index >= 15 is 0 Å². The number of nitrogens with zero attached hydrogens (tertiary/aromatic N) is 5. The summed E-state index contributed by atoms with van der Waals surface area (Å²) in [5.41, 5.74) is 1.65. The highest BCUT2D eigenvalue weighted by atomic mass is 16.3. The monoisotopic (exact) mass is 423 g/mol. The minimum absolute atomic E-state index is 0.00906. The molecule has 1 aliphatic carbocycles. The van der Waals surface area contributed by atoms with Gasteiger partial charge in [0, 0.05) is 44.1 Å². The lowest BCUT2D eigenvalue weighted by Gasteiger charge is -2.18. The number of aryl methyl sites for hydroxylation is 1. The SMILES string of the molecule is C[C@@H](CCO)Nc1cc(Nc2ccnc(-c3cnn(C)c3O)n2)ncc1C(=O)C1CC1. The van der Waals surface area contributed by atoms with Crippen LogP contribution in [0.15, 0.2) is 30.7 Å². The third-order valence-corrected chi connectivity index (χ3v) is 5.14. The Labute approximate surface area is 179 Å². The van der Waals surface area contributed by atoms with Gasteiger partial charge < -0.3 is 20.8 Å². The van der Waals surface area contributed by atoms with Crippen molar-refractivity contribution in [2.45, 2.75) is 32.2 Å². The summed E-state index contributed by atoms with van der Waals surface area (Å²) in [5.74, 6) is 1.45. The van der Waals surface area contributed by atoms with Crippen molar-refractivity contribution < 1.29 is 15.0 Å². The van der Waals surface area contributed by atoms with E-state index in [-0.39, 0.29) is 30.2 Å². The molecule has 0 spiro atoms. The van der Waals surface area contributed by atoms with Gasteiger partial charge in [-0.3, -0.25) is 4.79 Å². The zero-order chi connectivity index (χ0) is 22.0. The van der Waals surface area contributed by atoms with E-state index in [0.717, 1.165) is 12.8 Å². The molecule has 31 heavy (non-hydrogen) atoms. The maximum atomic E-state index is 12.7. The first-order valence-corrected chi connectivity index (χ1v) is 10.2. The predicted molar refractivity (Wildman–Crippen MR) is 115 cm³/mol. The van der Waals surface area contributed by atoms with Crippen molar-refractivity contribution in [3.05, 3.63) is 36.3 Å². The average molecular weight is 423 g/mol. The molecule has 3 aromatic heterocycles. The molecular weight excluding hydrogens is 398 g/mol. The van der Waals surface area contributed by atoms with Gasteiger partial charge in [0.15, 0.2) is 11.6 Å². The van der Waals surface area contributed by atoms with Gasteiger partial charge in [-0.15, -0.1) is 0 Å². The standard InChI is InChI=1S/C21H25N7O3/c1-12(6-8-29)25-16-9-18(23-10-14(16)19(30)13-3-4-13)26-17-5-7-22-20(27-17)15-11-24-28(2)21(15)31/h5,7,9-13,29,31H,3-4,6,8H2,1-2H3,(H2,22,23,25,26,27)/t12-/m0/s1. The molecule has 1 atom stereocenters. The molecule has 0 bridgehead atoms. The number of carbonyl (C=O) groups excluding carboxylic acids is 1. The van der Waals surface area contributed by atoms with E-state index in [1.165, 1.54) is 10.9 Å². The van der Waals surface area contributed by atoms with Gasteiger partial charge in [0.1, 0.15) is 17.2 Å². The summed E-state index contributed by atoms with van der Waals surface area (Å²) in [6.45, 7) is 2.01. The Morgan fingerprint density at radius 3 is 2.77 bits per heavy atom. The van der Waals surface area contributed by atoms with E-state index in [4.69, 9.17) is 0 Å². The first-order valence-electron chi connectivity index (χ1n) is 10.2. The van der Waals surface area contributed by atoms with Crippen LogP contribution in [0.1, 0.15) is 36.5 Å². The summed E-state index contributed by atoms with van der Waals surface area (Å²) in [6.07, 6.45) is 7.03. The number of hydrogen-bond donors (Lipinski definition) is 4. The van der Waals surface area contributed by atoms with Crippen LogP contribution in [-0.2, 0) is 7.05 Å². The minimum Gasteiger partial charge on any atom is -0.493 e. The number of aliphatic hydroxyl groups excluding tert-OH is 1. The van der Waals surface area contributed by atoms with Crippen LogP contribution in [0.3, 0.4) is 0 Å². The maximum Gasteiger partial charge on any atom is 0.220 e. The molecule has 0 saturated heterocycles. The number of carbonyl (C=O) groups is 1. The van der Waals surface area contributed by atoms with Crippen molar-refractivity contribution in [3.8, 4) is 17.3 Å². The van der Waals surface area contributed by atoms with Crippen LogP contribution >= 0.6 is 0 Å². The minimum atomic E-state index is -0.0254. The summed E-state index contributed by atoms with van der Waals surface area (Å²) < 4.78 is 1.33. The largest absolute Gasteiger partial charge is 0.493 e. The zero-order valence-electron chi connectivity index (χ0n) is 17.4. The summed E-state index contributed by atoms with van der Waals surface area (Å²) >= 11 is 0. The normalized spacial score (nSPS) is 14.3. The van der Waals surface area contributed by atoms with Gasteiger partial charge in [-0.05, 0) is 32.3 Å². The Bertz CT molecular complexity index is 1090. The number of aromatic nitrogens is 5. The quantitative estimate of drug-likeness (QED) is 0.382. The molecule has 0 aliphatic heterocycles. The van der Waals surface area contributed by atoms with Gasteiger partial charge in [0.05, 0.1) is 17.4 Å². The molecule has 162 valence electrons. The van der Waals surface area contributed by atoms with Crippen LogP contribution in [0.4, 0.5) is 17.3 Å². The van der Waals surface area contributed by atoms with Crippen LogP contribution in [-0.4, -0.2) is 53.4 Å². The van der Waals surface area contributed by atoms with Crippen molar-refractivity contribution in [3.63, 3.8) is 0 Å². The lowest BCUT2D eigenvalue weighted by atomic mass is 10.1. The second-order valence-corrected chi connectivity index (χ2v) is 7.71. The number of aromatic hydroxyl groups is 1. The first-order chi connectivity index (χ1) is 15.0.